The van der Waals surface area contributed by atoms with Crippen molar-refractivity contribution in [2.45, 2.75) is 33.1 Å². The molecule has 8 heteroatoms. The Morgan fingerprint density at radius 1 is 0.941 bits per heavy atom. The Bertz CT molecular complexity index is 1000. The maximum atomic E-state index is 14.4. The van der Waals surface area contributed by atoms with Crippen LogP contribution in [0.15, 0.2) is 42.5 Å². The van der Waals surface area contributed by atoms with Gasteiger partial charge in [0, 0.05) is 31.7 Å². The fourth-order valence-corrected chi connectivity index (χ4v) is 3.71. The largest absolute Gasteiger partial charge is 0.494 e. The molecule has 0 spiro atoms. The molecule has 182 valence electrons. The van der Waals surface area contributed by atoms with Crippen molar-refractivity contribution in [2.75, 3.05) is 44.3 Å². The summed E-state index contributed by atoms with van der Waals surface area (Å²) in [4.78, 5) is 39.6. The fraction of sp³-hybridized carbons (Fsp3) is 0.423. The van der Waals surface area contributed by atoms with E-state index in [0.717, 1.165) is 19.3 Å². The predicted octanol–water partition coefficient (Wildman–Crippen LogP) is 4.10. The highest BCUT2D eigenvalue weighted by atomic mass is 19.1. The Labute approximate surface area is 199 Å². The van der Waals surface area contributed by atoms with Crippen LogP contribution in [0, 0.1) is 5.82 Å². The van der Waals surface area contributed by atoms with Crippen molar-refractivity contribution in [1.82, 2.24) is 4.90 Å². The monoisotopic (exact) mass is 470 g/mol. The third-order valence-corrected chi connectivity index (χ3v) is 5.76. The standard InChI is InChI=1S/C26H31FN2O5/c1-3-4-5-16-33-22-9-6-20(7-10-22)26(32)34-18-25(31)29-14-12-28(13-15-29)24-11-8-21(19(2)30)17-23(24)27/h6-11,17H,3-5,12-16,18H2,1-2H3. The molecule has 34 heavy (non-hydrogen) atoms. The van der Waals surface area contributed by atoms with Crippen molar-refractivity contribution in [3.63, 3.8) is 0 Å². The molecule has 0 bridgehead atoms. The lowest BCUT2D eigenvalue weighted by Gasteiger charge is -2.36. The Kier molecular flexibility index (Phi) is 9.01. The van der Waals surface area contributed by atoms with Gasteiger partial charge >= 0.3 is 5.97 Å². The number of hydrogen-bond donors (Lipinski definition) is 0. The van der Waals surface area contributed by atoms with Gasteiger partial charge in [0.25, 0.3) is 5.91 Å². The molecule has 1 aliphatic rings. The van der Waals surface area contributed by atoms with Gasteiger partial charge in [-0.3, -0.25) is 9.59 Å². The van der Waals surface area contributed by atoms with E-state index >= 15 is 0 Å². The SMILES string of the molecule is CCCCCOc1ccc(C(=O)OCC(=O)N2CCN(c3ccc(C(C)=O)cc3F)CC2)cc1. The van der Waals surface area contributed by atoms with Gasteiger partial charge in [0.15, 0.2) is 12.4 Å². The van der Waals surface area contributed by atoms with E-state index in [1.165, 1.54) is 13.0 Å². The lowest BCUT2D eigenvalue weighted by Crippen LogP contribution is -2.50. The quantitative estimate of drug-likeness (QED) is 0.296. The summed E-state index contributed by atoms with van der Waals surface area (Å²) in [6, 6.07) is 11.1. The number of anilines is 1. The first kappa shape index (κ1) is 25.2. The van der Waals surface area contributed by atoms with Crippen LogP contribution in [0.4, 0.5) is 10.1 Å². The first-order chi connectivity index (χ1) is 16.4. The first-order valence-electron chi connectivity index (χ1n) is 11.6. The maximum Gasteiger partial charge on any atom is 0.338 e. The normalized spacial score (nSPS) is 13.5. The van der Waals surface area contributed by atoms with E-state index in [1.807, 2.05) is 4.90 Å². The maximum absolute atomic E-state index is 14.4. The topological polar surface area (TPSA) is 76.2 Å². The summed E-state index contributed by atoms with van der Waals surface area (Å²) < 4.78 is 25.2. The lowest BCUT2D eigenvalue weighted by molar-refractivity contribution is -0.134. The Morgan fingerprint density at radius 3 is 2.24 bits per heavy atom. The molecule has 0 N–H and O–H groups in total. The van der Waals surface area contributed by atoms with Gasteiger partial charge in [-0.15, -0.1) is 0 Å². The molecule has 1 fully saturated rings. The fourth-order valence-electron chi connectivity index (χ4n) is 3.71. The lowest BCUT2D eigenvalue weighted by atomic mass is 10.1. The van der Waals surface area contributed by atoms with Crippen LogP contribution in [-0.4, -0.2) is 62.0 Å². The van der Waals surface area contributed by atoms with Gasteiger partial charge in [-0.1, -0.05) is 19.8 Å². The van der Waals surface area contributed by atoms with Crippen molar-refractivity contribution in [3.05, 3.63) is 59.4 Å². The molecule has 0 radical (unpaired) electrons. The molecule has 2 aromatic rings. The van der Waals surface area contributed by atoms with E-state index in [9.17, 15) is 18.8 Å². The summed E-state index contributed by atoms with van der Waals surface area (Å²) in [6.45, 7) is 5.45. The van der Waals surface area contributed by atoms with E-state index in [-0.39, 0.29) is 18.3 Å². The minimum atomic E-state index is -0.572. The number of benzene rings is 2. The van der Waals surface area contributed by atoms with Crippen LogP contribution in [-0.2, 0) is 9.53 Å². The van der Waals surface area contributed by atoms with Gasteiger partial charge in [-0.2, -0.15) is 0 Å². The Balaban J connectivity index is 1.43. The summed E-state index contributed by atoms with van der Waals surface area (Å²) in [7, 11) is 0. The van der Waals surface area contributed by atoms with Gasteiger partial charge < -0.3 is 19.3 Å². The zero-order valence-electron chi connectivity index (χ0n) is 19.7. The van der Waals surface area contributed by atoms with Crippen LogP contribution in [0.3, 0.4) is 0 Å². The molecule has 0 atom stereocenters. The number of esters is 1. The second kappa shape index (κ2) is 12.2. The van der Waals surface area contributed by atoms with Crippen LogP contribution >= 0.6 is 0 Å². The number of rotatable bonds is 10. The Hall–Kier alpha value is -3.42. The summed E-state index contributed by atoms with van der Waals surface area (Å²) in [5, 5.41) is 0. The van der Waals surface area contributed by atoms with Crippen molar-refractivity contribution in [2.24, 2.45) is 0 Å². The highest BCUT2D eigenvalue weighted by Gasteiger charge is 2.24. The number of unbranched alkanes of at least 4 members (excludes halogenated alkanes) is 2. The minimum Gasteiger partial charge on any atom is -0.494 e. The van der Waals surface area contributed by atoms with Gasteiger partial charge in [0.05, 0.1) is 17.9 Å². The summed E-state index contributed by atoms with van der Waals surface area (Å²) in [5.41, 5.74) is 1.08. The molecule has 0 aliphatic carbocycles. The summed E-state index contributed by atoms with van der Waals surface area (Å²) >= 11 is 0. The van der Waals surface area contributed by atoms with Crippen LogP contribution in [0.5, 0.6) is 5.75 Å². The van der Waals surface area contributed by atoms with Gasteiger partial charge in [-0.05, 0) is 55.8 Å². The molecule has 0 saturated carbocycles. The predicted molar refractivity (Wildman–Crippen MR) is 127 cm³/mol. The number of halogens is 1. The second-order valence-corrected chi connectivity index (χ2v) is 8.25. The minimum absolute atomic E-state index is 0.193. The molecule has 0 unspecified atom stereocenters. The van der Waals surface area contributed by atoms with E-state index < -0.39 is 11.8 Å². The molecule has 1 saturated heterocycles. The number of carbonyl (C=O) groups excluding carboxylic acids is 3. The Morgan fingerprint density at radius 2 is 1.62 bits per heavy atom. The van der Waals surface area contributed by atoms with Gasteiger partial charge in [-0.25, -0.2) is 9.18 Å². The molecule has 2 aromatic carbocycles. The highest BCUT2D eigenvalue weighted by molar-refractivity contribution is 5.94. The van der Waals surface area contributed by atoms with E-state index in [0.29, 0.717) is 55.3 Å². The van der Waals surface area contributed by atoms with Crippen molar-refractivity contribution < 1.29 is 28.2 Å². The molecular weight excluding hydrogens is 439 g/mol. The smallest absolute Gasteiger partial charge is 0.338 e. The first-order valence-corrected chi connectivity index (χ1v) is 11.6. The number of nitrogens with zero attached hydrogens (tertiary/aromatic N) is 2. The number of piperazine rings is 1. The average molecular weight is 471 g/mol. The molecule has 0 aromatic heterocycles. The molecule has 1 amide bonds. The number of hydrogen-bond acceptors (Lipinski definition) is 6. The number of amides is 1. The summed E-state index contributed by atoms with van der Waals surface area (Å²) in [6.07, 6.45) is 3.22. The van der Waals surface area contributed by atoms with Gasteiger partial charge in [0.1, 0.15) is 11.6 Å². The zero-order valence-corrected chi connectivity index (χ0v) is 19.7. The third-order valence-electron chi connectivity index (χ3n) is 5.76. The number of ether oxygens (including phenoxy) is 2. The molecule has 1 heterocycles. The van der Waals surface area contributed by atoms with Crippen LogP contribution in [0.1, 0.15) is 53.8 Å². The molecule has 3 rings (SSSR count). The number of Topliss-reactive ketones (excluding diaryl/α,β-unsaturated/α-hetero) is 1. The van der Waals surface area contributed by atoms with E-state index in [4.69, 9.17) is 9.47 Å². The molecular formula is C26H31FN2O5. The van der Waals surface area contributed by atoms with Gasteiger partial charge in [0.2, 0.25) is 0 Å². The number of carbonyl (C=O) groups is 3. The van der Waals surface area contributed by atoms with Crippen molar-refractivity contribution in [1.29, 1.82) is 0 Å². The average Bonchev–Trinajstić information content (AvgIpc) is 2.85. The van der Waals surface area contributed by atoms with Crippen molar-refractivity contribution in [3.8, 4) is 5.75 Å². The van der Waals surface area contributed by atoms with E-state index in [2.05, 4.69) is 6.92 Å². The number of ketones is 1. The molecule has 7 nitrogen and oxygen atoms in total. The zero-order chi connectivity index (χ0) is 24.5. The van der Waals surface area contributed by atoms with Crippen molar-refractivity contribution >= 4 is 23.3 Å². The summed E-state index contributed by atoms with van der Waals surface area (Å²) in [5.74, 6) is -0.830. The van der Waals surface area contributed by atoms with E-state index in [1.54, 1.807) is 41.3 Å². The van der Waals surface area contributed by atoms with Crippen LogP contribution < -0.4 is 9.64 Å². The van der Waals surface area contributed by atoms with Crippen LogP contribution in [0.25, 0.3) is 0 Å². The van der Waals surface area contributed by atoms with Crippen LogP contribution in [0.2, 0.25) is 0 Å². The highest BCUT2D eigenvalue weighted by Crippen LogP contribution is 2.22. The third kappa shape index (κ3) is 6.79. The second-order valence-electron chi connectivity index (χ2n) is 8.25. The molecule has 1 aliphatic heterocycles.